The number of nitrogens with one attached hydrogen (secondary N) is 2. The number of aromatic amines is 1. The zero-order valence-electron chi connectivity index (χ0n) is 10.2. The summed E-state index contributed by atoms with van der Waals surface area (Å²) in [7, 11) is -3.75. The van der Waals surface area contributed by atoms with Gasteiger partial charge in [-0.05, 0) is 12.1 Å². The molecule has 0 fully saturated rings. The van der Waals surface area contributed by atoms with Crippen molar-refractivity contribution in [3.63, 3.8) is 0 Å². The Balaban J connectivity index is 2.12. The fourth-order valence-corrected chi connectivity index (χ4v) is 3.37. The number of nitrogens with zero attached hydrogens (tertiary/aromatic N) is 1. The van der Waals surface area contributed by atoms with Gasteiger partial charge in [-0.3, -0.25) is 0 Å². The van der Waals surface area contributed by atoms with E-state index < -0.39 is 10.0 Å². The molecule has 0 aliphatic carbocycles. The van der Waals surface area contributed by atoms with Gasteiger partial charge < -0.3 is 10.7 Å². The number of benzene rings is 1. The van der Waals surface area contributed by atoms with Crippen LogP contribution in [0.25, 0.3) is 0 Å². The van der Waals surface area contributed by atoms with Crippen molar-refractivity contribution in [2.75, 3.05) is 12.3 Å². The summed E-state index contributed by atoms with van der Waals surface area (Å²) in [5, 5.41) is 0.132. The first-order chi connectivity index (χ1) is 9.42. The number of hydrogen-bond donors (Lipinski definition) is 3. The Hall–Kier alpha value is -1.28. The first kappa shape index (κ1) is 15.1. The van der Waals surface area contributed by atoms with Crippen LogP contribution in [0, 0.1) is 0 Å². The highest BCUT2D eigenvalue weighted by molar-refractivity contribution is 7.89. The van der Waals surface area contributed by atoms with Gasteiger partial charge in [0.15, 0.2) is 0 Å². The van der Waals surface area contributed by atoms with Gasteiger partial charge in [-0.25, -0.2) is 18.1 Å². The smallest absolute Gasteiger partial charge is 0.242 e. The van der Waals surface area contributed by atoms with Gasteiger partial charge >= 0.3 is 0 Å². The van der Waals surface area contributed by atoms with Gasteiger partial charge in [0, 0.05) is 25.4 Å². The number of nitrogens with two attached hydrogens (primary N) is 1. The third-order valence-electron chi connectivity index (χ3n) is 2.59. The Bertz CT molecular complexity index is 701. The van der Waals surface area contributed by atoms with Gasteiger partial charge in [-0.15, -0.1) is 0 Å². The number of aromatic nitrogens is 2. The number of imidazole rings is 1. The monoisotopic (exact) mass is 334 g/mol. The number of halogens is 2. The maximum atomic E-state index is 12.1. The van der Waals surface area contributed by atoms with E-state index in [-0.39, 0.29) is 27.2 Å². The van der Waals surface area contributed by atoms with Crippen LogP contribution in [-0.2, 0) is 16.4 Å². The molecule has 108 valence electrons. The summed E-state index contributed by atoms with van der Waals surface area (Å²) < 4.78 is 26.7. The fourth-order valence-electron chi connectivity index (χ4n) is 1.57. The third-order valence-corrected chi connectivity index (χ3v) is 4.94. The summed E-state index contributed by atoms with van der Waals surface area (Å²) in [5.41, 5.74) is 5.66. The van der Waals surface area contributed by atoms with Crippen molar-refractivity contribution in [3.8, 4) is 0 Å². The minimum atomic E-state index is -3.75. The second-order valence-corrected chi connectivity index (χ2v) is 6.48. The van der Waals surface area contributed by atoms with Gasteiger partial charge in [-0.1, -0.05) is 23.2 Å². The SMILES string of the molecule is Nc1c(Cl)ccc(S(=O)(=O)NCCc2ncc[nH]2)c1Cl. The van der Waals surface area contributed by atoms with Gasteiger partial charge in [0.2, 0.25) is 10.0 Å². The normalized spacial score (nSPS) is 11.7. The molecule has 20 heavy (non-hydrogen) atoms. The highest BCUT2D eigenvalue weighted by atomic mass is 35.5. The number of hydrogen-bond acceptors (Lipinski definition) is 4. The summed E-state index contributed by atoms with van der Waals surface area (Å²) >= 11 is 11.7. The molecule has 0 aliphatic rings. The molecule has 2 aromatic rings. The molecule has 9 heteroatoms. The zero-order valence-corrected chi connectivity index (χ0v) is 12.6. The summed E-state index contributed by atoms with van der Waals surface area (Å²) in [4.78, 5) is 6.78. The molecule has 0 bridgehead atoms. The van der Waals surface area contributed by atoms with Crippen LogP contribution in [0.4, 0.5) is 5.69 Å². The Kier molecular flexibility index (Phi) is 4.54. The number of nitrogen functional groups attached to an aromatic ring is 1. The van der Waals surface area contributed by atoms with Crippen molar-refractivity contribution in [2.45, 2.75) is 11.3 Å². The third kappa shape index (κ3) is 3.24. The fraction of sp³-hybridized carbons (Fsp3) is 0.182. The summed E-state index contributed by atoms with van der Waals surface area (Å²) in [6, 6.07) is 2.71. The van der Waals surface area contributed by atoms with E-state index in [1.165, 1.54) is 12.1 Å². The maximum Gasteiger partial charge on any atom is 0.242 e. The van der Waals surface area contributed by atoms with Gasteiger partial charge in [0.1, 0.15) is 10.7 Å². The van der Waals surface area contributed by atoms with Crippen LogP contribution in [0.1, 0.15) is 5.82 Å². The van der Waals surface area contributed by atoms with Crippen molar-refractivity contribution in [1.29, 1.82) is 0 Å². The molecule has 2 rings (SSSR count). The van der Waals surface area contributed by atoms with E-state index in [1.807, 2.05) is 0 Å². The lowest BCUT2D eigenvalue weighted by molar-refractivity contribution is 0.581. The van der Waals surface area contributed by atoms with Crippen LogP contribution >= 0.6 is 23.2 Å². The molecule has 0 amide bonds. The molecule has 0 radical (unpaired) electrons. The van der Waals surface area contributed by atoms with Gasteiger partial charge in [-0.2, -0.15) is 0 Å². The molecule has 1 aromatic heterocycles. The van der Waals surface area contributed by atoms with E-state index in [4.69, 9.17) is 28.9 Å². The minimum Gasteiger partial charge on any atom is -0.396 e. The average molecular weight is 335 g/mol. The lowest BCUT2D eigenvalue weighted by Gasteiger charge is -2.10. The summed E-state index contributed by atoms with van der Waals surface area (Å²) in [6.45, 7) is 0.189. The number of anilines is 1. The molecule has 1 aromatic carbocycles. The van der Waals surface area contributed by atoms with Crippen LogP contribution in [-0.4, -0.2) is 24.9 Å². The van der Waals surface area contributed by atoms with Crippen molar-refractivity contribution < 1.29 is 8.42 Å². The second-order valence-electron chi connectivity index (χ2n) is 3.96. The predicted octanol–water partition coefficient (Wildman–Crippen LogP) is 1.82. The van der Waals surface area contributed by atoms with E-state index in [0.717, 1.165) is 0 Å². The predicted molar refractivity (Wildman–Crippen MR) is 78.4 cm³/mol. The van der Waals surface area contributed by atoms with E-state index in [9.17, 15) is 8.42 Å². The Morgan fingerprint density at radius 2 is 2.10 bits per heavy atom. The Labute approximate surface area is 126 Å². The molecule has 0 saturated carbocycles. The molecule has 1 heterocycles. The van der Waals surface area contributed by atoms with Crippen LogP contribution in [0.3, 0.4) is 0 Å². The quantitative estimate of drug-likeness (QED) is 0.726. The molecular weight excluding hydrogens is 323 g/mol. The number of H-pyrrole nitrogens is 1. The first-order valence-corrected chi connectivity index (χ1v) is 7.87. The summed E-state index contributed by atoms with van der Waals surface area (Å²) in [6.07, 6.45) is 3.70. The van der Waals surface area contributed by atoms with Crippen molar-refractivity contribution in [3.05, 3.63) is 40.4 Å². The van der Waals surface area contributed by atoms with Crippen LogP contribution in [0.15, 0.2) is 29.4 Å². The Morgan fingerprint density at radius 3 is 2.75 bits per heavy atom. The molecular formula is C11H12Cl2N4O2S. The van der Waals surface area contributed by atoms with E-state index >= 15 is 0 Å². The molecule has 0 unspecified atom stereocenters. The molecule has 0 spiro atoms. The molecule has 6 nitrogen and oxygen atoms in total. The van der Waals surface area contributed by atoms with Crippen molar-refractivity contribution >= 4 is 38.9 Å². The molecule has 0 saturated heterocycles. The average Bonchev–Trinajstić information content (AvgIpc) is 2.88. The van der Waals surface area contributed by atoms with Crippen molar-refractivity contribution in [2.24, 2.45) is 0 Å². The zero-order chi connectivity index (χ0) is 14.8. The topological polar surface area (TPSA) is 101 Å². The Morgan fingerprint density at radius 1 is 1.35 bits per heavy atom. The maximum absolute atomic E-state index is 12.1. The van der Waals surface area contributed by atoms with E-state index in [1.54, 1.807) is 12.4 Å². The molecule has 0 atom stereocenters. The molecule has 4 N–H and O–H groups in total. The van der Waals surface area contributed by atoms with E-state index in [2.05, 4.69) is 14.7 Å². The van der Waals surface area contributed by atoms with Crippen molar-refractivity contribution in [1.82, 2.24) is 14.7 Å². The first-order valence-electron chi connectivity index (χ1n) is 5.63. The highest BCUT2D eigenvalue weighted by Crippen LogP contribution is 2.32. The van der Waals surface area contributed by atoms with Crippen LogP contribution in [0.2, 0.25) is 10.0 Å². The lowest BCUT2D eigenvalue weighted by atomic mass is 10.3. The van der Waals surface area contributed by atoms with Gasteiger partial charge in [0.25, 0.3) is 0 Å². The minimum absolute atomic E-state index is 0.0437. The van der Waals surface area contributed by atoms with Crippen LogP contribution in [0.5, 0.6) is 0 Å². The largest absolute Gasteiger partial charge is 0.396 e. The standard InChI is InChI=1S/C11H12Cl2N4O2S/c12-7-1-2-8(10(13)11(7)14)20(18,19)17-4-3-9-15-5-6-16-9/h1-2,5-6,17H,3-4,14H2,(H,15,16). The summed E-state index contributed by atoms with van der Waals surface area (Å²) in [5.74, 6) is 0.689. The van der Waals surface area contributed by atoms with E-state index in [0.29, 0.717) is 12.2 Å². The number of sulfonamides is 1. The van der Waals surface area contributed by atoms with Crippen LogP contribution < -0.4 is 10.5 Å². The second kappa shape index (κ2) is 6.01. The van der Waals surface area contributed by atoms with Gasteiger partial charge in [0.05, 0.1) is 15.7 Å². The lowest BCUT2D eigenvalue weighted by Crippen LogP contribution is -2.26. The highest BCUT2D eigenvalue weighted by Gasteiger charge is 2.20. The molecule has 0 aliphatic heterocycles. The number of rotatable bonds is 5.